The zero-order valence-corrected chi connectivity index (χ0v) is 15.4. The number of hydrogen-bond donors (Lipinski definition) is 2. The summed E-state index contributed by atoms with van der Waals surface area (Å²) in [7, 11) is 0. The van der Waals surface area contributed by atoms with Crippen molar-refractivity contribution in [2.75, 3.05) is 11.9 Å². The molecule has 1 aromatic rings. The van der Waals surface area contributed by atoms with Crippen LogP contribution in [0.15, 0.2) is 24.3 Å². The number of nitrogens with one attached hydrogen (secondary N) is 2. The van der Waals surface area contributed by atoms with Crippen molar-refractivity contribution < 1.29 is 14.4 Å². The SMILES string of the molecule is CCc1ccc(NC(=O)CN2C(=O)N[C@](C)(CCC(C)C)C2=O)cc1. The van der Waals surface area contributed by atoms with Crippen LogP contribution in [-0.2, 0) is 16.0 Å². The number of amides is 4. The molecule has 2 rings (SSSR count). The summed E-state index contributed by atoms with van der Waals surface area (Å²) in [5, 5.41) is 5.45. The Morgan fingerprint density at radius 3 is 2.44 bits per heavy atom. The number of aryl methyl sites for hydroxylation is 1. The van der Waals surface area contributed by atoms with Crippen molar-refractivity contribution in [1.29, 1.82) is 0 Å². The summed E-state index contributed by atoms with van der Waals surface area (Å²) in [5.74, 6) is -0.291. The molecule has 1 saturated heterocycles. The quantitative estimate of drug-likeness (QED) is 0.746. The van der Waals surface area contributed by atoms with Crippen LogP contribution < -0.4 is 10.6 Å². The molecule has 1 aliphatic rings. The number of carbonyl (C=O) groups is 3. The topological polar surface area (TPSA) is 78.5 Å². The first kappa shape index (κ1) is 19.0. The summed E-state index contributed by atoms with van der Waals surface area (Å²) < 4.78 is 0. The lowest BCUT2D eigenvalue weighted by molar-refractivity contribution is -0.133. The lowest BCUT2D eigenvalue weighted by atomic mass is 9.92. The normalized spacial score (nSPS) is 20.1. The van der Waals surface area contributed by atoms with Crippen molar-refractivity contribution in [1.82, 2.24) is 10.2 Å². The van der Waals surface area contributed by atoms with Crippen molar-refractivity contribution in [3.05, 3.63) is 29.8 Å². The Hall–Kier alpha value is -2.37. The standard InChI is InChI=1S/C19H27N3O3/c1-5-14-6-8-15(9-7-14)20-16(23)12-22-17(24)19(4,21-18(22)25)11-10-13(2)3/h6-9,13H,5,10-12H2,1-4H3,(H,20,23)(H,21,25)/t19-/m1/s1. The van der Waals surface area contributed by atoms with Crippen LogP contribution in [0.25, 0.3) is 0 Å². The van der Waals surface area contributed by atoms with E-state index in [4.69, 9.17) is 0 Å². The first-order valence-corrected chi connectivity index (χ1v) is 8.78. The highest BCUT2D eigenvalue weighted by molar-refractivity contribution is 6.09. The van der Waals surface area contributed by atoms with Crippen LogP contribution in [0.1, 0.15) is 46.1 Å². The van der Waals surface area contributed by atoms with E-state index in [0.29, 0.717) is 18.0 Å². The van der Waals surface area contributed by atoms with E-state index in [1.165, 1.54) is 5.56 Å². The van der Waals surface area contributed by atoms with Gasteiger partial charge in [0.25, 0.3) is 5.91 Å². The van der Waals surface area contributed by atoms with E-state index < -0.39 is 11.6 Å². The smallest absolute Gasteiger partial charge is 0.325 e. The second kappa shape index (κ2) is 7.68. The maximum absolute atomic E-state index is 12.6. The van der Waals surface area contributed by atoms with Crippen molar-refractivity contribution in [3.8, 4) is 0 Å². The van der Waals surface area contributed by atoms with Crippen molar-refractivity contribution in [3.63, 3.8) is 0 Å². The fraction of sp³-hybridized carbons (Fsp3) is 0.526. The van der Waals surface area contributed by atoms with E-state index in [0.717, 1.165) is 17.7 Å². The van der Waals surface area contributed by atoms with Crippen LogP contribution in [0, 0.1) is 5.92 Å². The largest absolute Gasteiger partial charge is 0.325 e. The van der Waals surface area contributed by atoms with E-state index in [9.17, 15) is 14.4 Å². The summed E-state index contributed by atoms with van der Waals surface area (Å²) in [5.41, 5.74) is 0.898. The van der Waals surface area contributed by atoms with Gasteiger partial charge in [-0.3, -0.25) is 14.5 Å². The van der Waals surface area contributed by atoms with Crippen molar-refractivity contribution in [2.24, 2.45) is 5.92 Å². The molecule has 1 aliphatic heterocycles. The zero-order valence-electron chi connectivity index (χ0n) is 15.4. The van der Waals surface area contributed by atoms with Crippen LogP contribution >= 0.6 is 0 Å². The number of carbonyl (C=O) groups excluding carboxylic acids is 3. The van der Waals surface area contributed by atoms with Gasteiger partial charge >= 0.3 is 6.03 Å². The first-order chi connectivity index (χ1) is 11.7. The number of rotatable bonds is 7. The molecule has 25 heavy (non-hydrogen) atoms. The molecule has 1 aromatic carbocycles. The fourth-order valence-electron chi connectivity index (χ4n) is 2.81. The third-order valence-corrected chi connectivity index (χ3v) is 4.51. The van der Waals surface area contributed by atoms with Crippen LogP contribution in [0.5, 0.6) is 0 Å². The monoisotopic (exact) mass is 345 g/mol. The molecule has 0 spiro atoms. The van der Waals surface area contributed by atoms with Crippen LogP contribution in [-0.4, -0.2) is 34.8 Å². The number of benzene rings is 1. The number of imide groups is 1. The van der Waals surface area contributed by atoms with Gasteiger partial charge in [-0.2, -0.15) is 0 Å². The van der Waals surface area contributed by atoms with E-state index in [1.807, 2.05) is 24.3 Å². The summed E-state index contributed by atoms with van der Waals surface area (Å²) in [6.07, 6.45) is 2.31. The lowest BCUT2D eigenvalue weighted by Crippen LogP contribution is -2.44. The minimum atomic E-state index is -0.926. The number of hydrogen-bond acceptors (Lipinski definition) is 3. The molecule has 0 aliphatic carbocycles. The molecule has 136 valence electrons. The molecular formula is C19H27N3O3. The molecule has 1 heterocycles. The molecule has 2 N–H and O–H groups in total. The Kier molecular flexibility index (Phi) is 5.82. The summed E-state index contributed by atoms with van der Waals surface area (Å²) in [6, 6.07) is 7.00. The van der Waals surface area contributed by atoms with E-state index >= 15 is 0 Å². The summed E-state index contributed by atoms with van der Waals surface area (Å²) >= 11 is 0. The third kappa shape index (κ3) is 4.59. The average molecular weight is 345 g/mol. The Balaban J connectivity index is 1.97. The highest BCUT2D eigenvalue weighted by Gasteiger charge is 2.47. The predicted molar refractivity (Wildman–Crippen MR) is 97.2 cm³/mol. The Labute approximate surface area is 149 Å². The molecule has 0 radical (unpaired) electrons. The Morgan fingerprint density at radius 1 is 1.24 bits per heavy atom. The lowest BCUT2D eigenvalue weighted by Gasteiger charge is -2.22. The van der Waals surface area contributed by atoms with Gasteiger partial charge in [-0.05, 0) is 49.8 Å². The Morgan fingerprint density at radius 2 is 1.88 bits per heavy atom. The Bertz CT molecular complexity index is 654. The third-order valence-electron chi connectivity index (χ3n) is 4.51. The molecule has 0 aromatic heterocycles. The summed E-state index contributed by atoms with van der Waals surface area (Å²) in [6.45, 7) is 7.63. The van der Waals surface area contributed by atoms with Crippen LogP contribution in [0.3, 0.4) is 0 Å². The molecule has 1 fully saturated rings. The average Bonchev–Trinajstić information content (AvgIpc) is 2.77. The van der Waals surface area contributed by atoms with Gasteiger partial charge < -0.3 is 10.6 Å². The zero-order chi connectivity index (χ0) is 18.6. The van der Waals surface area contributed by atoms with Gasteiger partial charge in [-0.15, -0.1) is 0 Å². The van der Waals surface area contributed by atoms with Gasteiger partial charge in [0.15, 0.2) is 0 Å². The molecule has 6 nitrogen and oxygen atoms in total. The maximum atomic E-state index is 12.6. The van der Waals surface area contributed by atoms with Crippen LogP contribution in [0.4, 0.5) is 10.5 Å². The minimum absolute atomic E-state index is 0.280. The molecule has 1 atom stereocenters. The number of anilines is 1. The number of urea groups is 1. The predicted octanol–water partition coefficient (Wildman–Crippen LogP) is 2.93. The van der Waals surface area contributed by atoms with Gasteiger partial charge in [0.1, 0.15) is 12.1 Å². The number of nitrogens with zero attached hydrogens (tertiary/aromatic N) is 1. The van der Waals surface area contributed by atoms with Crippen molar-refractivity contribution in [2.45, 2.75) is 52.5 Å². The highest BCUT2D eigenvalue weighted by Crippen LogP contribution is 2.24. The van der Waals surface area contributed by atoms with Crippen LogP contribution in [0.2, 0.25) is 0 Å². The van der Waals surface area contributed by atoms with E-state index in [-0.39, 0.29) is 18.4 Å². The highest BCUT2D eigenvalue weighted by atomic mass is 16.2. The first-order valence-electron chi connectivity index (χ1n) is 8.78. The maximum Gasteiger partial charge on any atom is 0.325 e. The molecule has 0 unspecified atom stereocenters. The molecule has 0 bridgehead atoms. The molecule has 4 amide bonds. The molecular weight excluding hydrogens is 318 g/mol. The van der Waals surface area contributed by atoms with E-state index in [2.05, 4.69) is 31.4 Å². The molecule has 0 saturated carbocycles. The van der Waals surface area contributed by atoms with Gasteiger partial charge in [0, 0.05) is 5.69 Å². The van der Waals surface area contributed by atoms with Gasteiger partial charge in [-0.25, -0.2) is 4.79 Å². The van der Waals surface area contributed by atoms with Gasteiger partial charge in [0.2, 0.25) is 5.91 Å². The molecule has 6 heteroatoms. The minimum Gasteiger partial charge on any atom is -0.325 e. The second-order valence-electron chi connectivity index (χ2n) is 7.18. The van der Waals surface area contributed by atoms with Crippen molar-refractivity contribution >= 4 is 23.5 Å². The summed E-state index contributed by atoms with van der Waals surface area (Å²) in [4.78, 5) is 37.9. The van der Waals surface area contributed by atoms with Gasteiger partial charge in [-0.1, -0.05) is 32.9 Å². The van der Waals surface area contributed by atoms with Gasteiger partial charge in [0.05, 0.1) is 0 Å². The second-order valence-corrected chi connectivity index (χ2v) is 7.18. The van der Waals surface area contributed by atoms with E-state index in [1.54, 1.807) is 6.92 Å². The fourth-order valence-corrected chi connectivity index (χ4v) is 2.81.